The van der Waals surface area contributed by atoms with E-state index < -0.39 is 0 Å². The Hall–Kier alpha value is -0.820. The van der Waals surface area contributed by atoms with E-state index in [1.54, 1.807) is 6.07 Å². The van der Waals surface area contributed by atoms with E-state index in [0.717, 1.165) is 47.4 Å². The van der Waals surface area contributed by atoms with E-state index in [-0.39, 0.29) is 5.91 Å². The van der Waals surface area contributed by atoms with Gasteiger partial charge in [-0.25, -0.2) is 0 Å². The highest BCUT2D eigenvalue weighted by Gasteiger charge is 2.23. The molecular formula is C18H17Cl2IN2O. The zero-order chi connectivity index (χ0) is 17.1. The second kappa shape index (κ2) is 8.04. The zero-order valence-electron chi connectivity index (χ0n) is 13.0. The Morgan fingerprint density at radius 3 is 2.42 bits per heavy atom. The van der Waals surface area contributed by atoms with E-state index in [1.165, 1.54) is 0 Å². The van der Waals surface area contributed by atoms with Gasteiger partial charge >= 0.3 is 0 Å². The first-order valence-electron chi connectivity index (χ1n) is 7.74. The number of rotatable bonds is 3. The highest BCUT2D eigenvalue weighted by molar-refractivity contribution is 14.1. The third kappa shape index (κ3) is 4.23. The van der Waals surface area contributed by atoms with Gasteiger partial charge in [-0.3, -0.25) is 9.69 Å². The molecule has 0 bridgehead atoms. The Morgan fingerprint density at radius 2 is 1.75 bits per heavy atom. The molecule has 0 N–H and O–H groups in total. The Labute approximate surface area is 165 Å². The number of hydrogen-bond acceptors (Lipinski definition) is 2. The number of nitrogens with zero attached hydrogens (tertiary/aromatic N) is 2. The Morgan fingerprint density at radius 1 is 1.04 bits per heavy atom. The van der Waals surface area contributed by atoms with Crippen molar-refractivity contribution in [3.8, 4) is 0 Å². The summed E-state index contributed by atoms with van der Waals surface area (Å²) in [7, 11) is 0. The number of carbonyl (C=O) groups excluding carboxylic acids is 1. The van der Waals surface area contributed by atoms with Crippen molar-refractivity contribution < 1.29 is 4.79 Å². The summed E-state index contributed by atoms with van der Waals surface area (Å²) in [4.78, 5) is 16.9. The predicted octanol–water partition coefficient (Wildman–Crippen LogP) is 4.56. The molecule has 0 unspecified atom stereocenters. The maximum atomic E-state index is 12.6. The molecule has 1 amide bonds. The molecule has 2 aromatic carbocycles. The van der Waals surface area contributed by atoms with Crippen molar-refractivity contribution in [2.24, 2.45) is 0 Å². The first kappa shape index (κ1) is 18.0. The van der Waals surface area contributed by atoms with E-state index in [1.807, 2.05) is 41.3 Å². The third-order valence-electron chi connectivity index (χ3n) is 4.17. The minimum Gasteiger partial charge on any atom is -0.336 e. The molecule has 0 radical (unpaired) electrons. The molecule has 1 aliphatic heterocycles. The van der Waals surface area contributed by atoms with Crippen LogP contribution < -0.4 is 0 Å². The molecule has 1 fully saturated rings. The predicted molar refractivity (Wildman–Crippen MR) is 107 cm³/mol. The van der Waals surface area contributed by atoms with Crippen molar-refractivity contribution in [3.63, 3.8) is 0 Å². The van der Waals surface area contributed by atoms with Crippen molar-refractivity contribution in [2.75, 3.05) is 26.2 Å². The summed E-state index contributed by atoms with van der Waals surface area (Å²) in [6.07, 6.45) is 0. The van der Waals surface area contributed by atoms with Crippen molar-refractivity contribution in [1.29, 1.82) is 0 Å². The van der Waals surface area contributed by atoms with Crippen LogP contribution >= 0.6 is 45.8 Å². The molecule has 0 aromatic heterocycles. The van der Waals surface area contributed by atoms with E-state index in [2.05, 4.69) is 27.5 Å². The molecule has 126 valence electrons. The quantitative estimate of drug-likeness (QED) is 0.609. The number of benzene rings is 2. The summed E-state index contributed by atoms with van der Waals surface area (Å²) in [6.45, 7) is 3.92. The maximum absolute atomic E-state index is 12.6. The summed E-state index contributed by atoms with van der Waals surface area (Å²) in [5, 5.41) is 1.34. The van der Waals surface area contributed by atoms with E-state index >= 15 is 0 Å². The number of halogens is 3. The molecule has 0 saturated carbocycles. The fourth-order valence-electron chi connectivity index (χ4n) is 2.80. The lowest BCUT2D eigenvalue weighted by Crippen LogP contribution is -2.48. The lowest BCUT2D eigenvalue weighted by Gasteiger charge is -2.35. The largest absolute Gasteiger partial charge is 0.336 e. The third-order valence-corrected chi connectivity index (χ3v) is 5.70. The Bertz CT molecular complexity index is 746. The summed E-state index contributed by atoms with van der Waals surface area (Å²) in [5.74, 6) is 0.115. The van der Waals surface area contributed by atoms with E-state index in [9.17, 15) is 4.79 Å². The first-order valence-corrected chi connectivity index (χ1v) is 9.58. The van der Waals surface area contributed by atoms with Gasteiger partial charge in [0.2, 0.25) is 0 Å². The van der Waals surface area contributed by atoms with Gasteiger partial charge in [-0.05, 0) is 52.4 Å². The minimum absolute atomic E-state index is 0.115. The average Bonchev–Trinajstić information content (AvgIpc) is 2.58. The van der Waals surface area contributed by atoms with Crippen LogP contribution in [0.3, 0.4) is 0 Å². The van der Waals surface area contributed by atoms with Gasteiger partial charge in [-0.15, -0.1) is 0 Å². The molecule has 0 aliphatic carbocycles. The number of amides is 1. The van der Waals surface area contributed by atoms with Gasteiger partial charge in [-0.2, -0.15) is 0 Å². The number of piperazine rings is 1. The van der Waals surface area contributed by atoms with Gasteiger partial charge < -0.3 is 4.90 Å². The van der Waals surface area contributed by atoms with Crippen LogP contribution in [0.5, 0.6) is 0 Å². The lowest BCUT2D eigenvalue weighted by atomic mass is 10.1. The van der Waals surface area contributed by atoms with E-state index in [0.29, 0.717) is 10.0 Å². The normalized spacial score (nSPS) is 15.5. The van der Waals surface area contributed by atoms with Gasteiger partial charge in [0.15, 0.2) is 0 Å². The van der Waals surface area contributed by atoms with Gasteiger partial charge in [0.25, 0.3) is 5.91 Å². The topological polar surface area (TPSA) is 23.6 Å². The molecule has 3 rings (SSSR count). The Balaban J connectivity index is 1.60. The van der Waals surface area contributed by atoms with Crippen LogP contribution in [0.1, 0.15) is 15.9 Å². The SMILES string of the molecule is O=C(c1ccccc1I)N1CCN(Cc2ccc(Cl)cc2Cl)CC1. The van der Waals surface area contributed by atoms with Gasteiger partial charge in [-0.1, -0.05) is 41.4 Å². The fourth-order valence-corrected chi connectivity index (χ4v) is 3.89. The average molecular weight is 475 g/mol. The molecule has 1 saturated heterocycles. The standard InChI is InChI=1S/C18H17Cl2IN2O/c19-14-6-5-13(16(20)11-14)12-22-7-9-23(10-8-22)18(24)15-3-1-2-4-17(15)21/h1-6,11H,7-10,12H2. The first-order chi connectivity index (χ1) is 11.5. The van der Waals surface area contributed by atoms with Crippen molar-refractivity contribution in [3.05, 3.63) is 67.2 Å². The highest BCUT2D eigenvalue weighted by Crippen LogP contribution is 2.23. The second-order valence-electron chi connectivity index (χ2n) is 5.78. The molecule has 24 heavy (non-hydrogen) atoms. The summed E-state index contributed by atoms with van der Waals surface area (Å²) in [5.41, 5.74) is 1.85. The van der Waals surface area contributed by atoms with Crippen LogP contribution in [-0.4, -0.2) is 41.9 Å². The summed E-state index contributed by atoms with van der Waals surface area (Å²) >= 11 is 14.4. The molecule has 3 nitrogen and oxygen atoms in total. The lowest BCUT2D eigenvalue weighted by molar-refractivity contribution is 0.0627. The smallest absolute Gasteiger partial charge is 0.255 e. The molecular weight excluding hydrogens is 458 g/mol. The van der Waals surface area contributed by atoms with Crippen molar-refractivity contribution >= 4 is 51.7 Å². The minimum atomic E-state index is 0.115. The van der Waals surface area contributed by atoms with Gasteiger partial charge in [0.05, 0.1) is 5.56 Å². The molecule has 2 aromatic rings. The van der Waals surface area contributed by atoms with E-state index in [4.69, 9.17) is 23.2 Å². The summed E-state index contributed by atoms with van der Waals surface area (Å²) in [6, 6.07) is 13.3. The maximum Gasteiger partial charge on any atom is 0.255 e. The zero-order valence-corrected chi connectivity index (χ0v) is 16.7. The molecule has 1 aliphatic rings. The van der Waals surface area contributed by atoms with Crippen molar-refractivity contribution in [1.82, 2.24) is 9.80 Å². The van der Waals surface area contributed by atoms with Gasteiger partial charge in [0.1, 0.15) is 0 Å². The van der Waals surface area contributed by atoms with Crippen LogP contribution in [0.25, 0.3) is 0 Å². The second-order valence-corrected chi connectivity index (χ2v) is 7.79. The Kier molecular flexibility index (Phi) is 6.02. The fraction of sp³-hybridized carbons (Fsp3) is 0.278. The molecule has 0 spiro atoms. The number of hydrogen-bond donors (Lipinski definition) is 0. The van der Waals surface area contributed by atoms with Gasteiger partial charge in [0, 0.05) is 46.3 Å². The number of carbonyl (C=O) groups is 1. The van der Waals surface area contributed by atoms with Crippen molar-refractivity contribution in [2.45, 2.75) is 6.54 Å². The van der Waals surface area contributed by atoms with Crippen LogP contribution in [0, 0.1) is 3.57 Å². The molecule has 6 heteroatoms. The van der Waals surface area contributed by atoms with Crippen LogP contribution in [0.2, 0.25) is 10.0 Å². The molecule has 1 heterocycles. The monoisotopic (exact) mass is 474 g/mol. The molecule has 0 atom stereocenters. The van der Waals surface area contributed by atoms with Crippen LogP contribution in [0.4, 0.5) is 0 Å². The highest BCUT2D eigenvalue weighted by atomic mass is 127. The van der Waals surface area contributed by atoms with Crippen LogP contribution in [0.15, 0.2) is 42.5 Å². The van der Waals surface area contributed by atoms with Crippen LogP contribution in [-0.2, 0) is 6.54 Å². The summed E-state index contributed by atoms with van der Waals surface area (Å²) < 4.78 is 0.996.